The monoisotopic (exact) mass is 291 g/mol. The van der Waals surface area contributed by atoms with Gasteiger partial charge in [0.15, 0.2) is 0 Å². The van der Waals surface area contributed by atoms with Gasteiger partial charge in [-0.2, -0.15) is 0 Å². The van der Waals surface area contributed by atoms with E-state index < -0.39 is 12.1 Å². The Morgan fingerprint density at radius 1 is 1.33 bits per heavy atom. The van der Waals surface area contributed by atoms with Crippen molar-refractivity contribution in [3.63, 3.8) is 0 Å². The Kier molecular flexibility index (Phi) is 3.79. The van der Waals surface area contributed by atoms with Gasteiger partial charge in [-0.05, 0) is 23.8 Å². The number of carbonyl (C=O) groups is 2. The molecule has 2 heterocycles. The number of benzene rings is 1. The van der Waals surface area contributed by atoms with E-state index in [0.717, 1.165) is 17.7 Å². The highest BCUT2D eigenvalue weighted by Crippen LogP contribution is 2.26. The summed E-state index contributed by atoms with van der Waals surface area (Å²) in [5.74, 6) is -0.148. The van der Waals surface area contributed by atoms with Crippen molar-refractivity contribution >= 4 is 11.9 Å². The summed E-state index contributed by atoms with van der Waals surface area (Å²) >= 11 is 0. The maximum Gasteiger partial charge on any atom is 0.306 e. The molecule has 6 nitrogen and oxygen atoms in total. The fourth-order valence-corrected chi connectivity index (χ4v) is 2.72. The lowest BCUT2D eigenvalue weighted by Gasteiger charge is -2.32. The average Bonchev–Trinajstić information content (AvgIpc) is 2.93. The number of carboxylic acids is 1. The molecule has 0 radical (unpaired) electrons. The first-order valence-electron chi connectivity index (χ1n) is 7.02. The van der Waals surface area contributed by atoms with Crippen LogP contribution in [0.2, 0.25) is 0 Å². The third-order valence-electron chi connectivity index (χ3n) is 3.76. The number of amides is 1. The number of hydrogen-bond donors (Lipinski definition) is 1. The summed E-state index contributed by atoms with van der Waals surface area (Å²) in [5, 5.41) is 8.82. The van der Waals surface area contributed by atoms with Crippen LogP contribution in [0.15, 0.2) is 18.2 Å². The van der Waals surface area contributed by atoms with Crippen molar-refractivity contribution in [2.45, 2.75) is 18.9 Å². The summed E-state index contributed by atoms with van der Waals surface area (Å²) in [6.45, 7) is 1.84. The first kappa shape index (κ1) is 13.9. The highest BCUT2D eigenvalue weighted by Gasteiger charge is 2.27. The van der Waals surface area contributed by atoms with Gasteiger partial charge in [0, 0.05) is 25.1 Å². The molecule has 0 bridgehead atoms. The van der Waals surface area contributed by atoms with Crippen LogP contribution in [0.4, 0.5) is 0 Å². The second-order valence-corrected chi connectivity index (χ2v) is 5.26. The van der Waals surface area contributed by atoms with Gasteiger partial charge in [-0.3, -0.25) is 9.59 Å². The van der Waals surface area contributed by atoms with Crippen LogP contribution in [-0.4, -0.2) is 54.3 Å². The van der Waals surface area contributed by atoms with Crippen molar-refractivity contribution in [3.8, 4) is 5.75 Å². The molecule has 0 aromatic heterocycles. The van der Waals surface area contributed by atoms with E-state index in [1.54, 1.807) is 11.0 Å². The van der Waals surface area contributed by atoms with Gasteiger partial charge in [0.1, 0.15) is 5.75 Å². The van der Waals surface area contributed by atoms with Crippen molar-refractivity contribution < 1.29 is 24.2 Å². The smallest absolute Gasteiger partial charge is 0.306 e. The SMILES string of the molecule is O=C(O)CC1CN(C(=O)c2ccc3c(c2)CCO3)CCO1. The van der Waals surface area contributed by atoms with Crippen LogP contribution in [0.3, 0.4) is 0 Å². The number of hydrogen-bond acceptors (Lipinski definition) is 4. The molecule has 1 atom stereocenters. The Morgan fingerprint density at radius 3 is 3.00 bits per heavy atom. The molecular weight excluding hydrogens is 274 g/mol. The molecule has 1 amide bonds. The van der Waals surface area contributed by atoms with E-state index >= 15 is 0 Å². The van der Waals surface area contributed by atoms with E-state index in [2.05, 4.69) is 0 Å². The number of rotatable bonds is 3. The molecule has 1 saturated heterocycles. The van der Waals surface area contributed by atoms with E-state index in [1.165, 1.54) is 0 Å². The number of ether oxygens (including phenoxy) is 2. The lowest BCUT2D eigenvalue weighted by molar-refractivity contribution is -0.141. The zero-order chi connectivity index (χ0) is 14.8. The molecule has 112 valence electrons. The van der Waals surface area contributed by atoms with E-state index in [4.69, 9.17) is 14.6 Å². The van der Waals surface area contributed by atoms with Gasteiger partial charge < -0.3 is 19.5 Å². The zero-order valence-corrected chi connectivity index (χ0v) is 11.6. The lowest BCUT2D eigenvalue weighted by atomic mass is 10.1. The van der Waals surface area contributed by atoms with E-state index in [-0.39, 0.29) is 12.3 Å². The summed E-state index contributed by atoms with van der Waals surface area (Å²) in [5.41, 5.74) is 1.67. The van der Waals surface area contributed by atoms with Crippen LogP contribution in [0.1, 0.15) is 22.3 Å². The summed E-state index contributed by atoms with van der Waals surface area (Å²) in [6.07, 6.45) is 0.307. The minimum absolute atomic E-state index is 0.0802. The number of nitrogens with zero attached hydrogens (tertiary/aromatic N) is 1. The van der Waals surface area contributed by atoms with E-state index in [9.17, 15) is 9.59 Å². The van der Waals surface area contributed by atoms with Crippen molar-refractivity contribution in [3.05, 3.63) is 29.3 Å². The van der Waals surface area contributed by atoms with Crippen molar-refractivity contribution in [1.82, 2.24) is 4.90 Å². The molecule has 2 aliphatic heterocycles. The second kappa shape index (κ2) is 5.73. The Labute approximate surface area is 122 Å². The molecule has 0 aliphatic carbocycles. The maximum atomic E-state index is 12.5. The molecular formula is C15H17NO5. The molecule has 0 saturated carbocycles. The Morgan fingerprint density at radius 2 is 2.19 bits per heavy atom. The fraction of sp³-hybridized carbons (Fsp3) is 0.467. The predicted molar refractivity (Wildman–Crippen MR) is 73.5 cm³/mol. The minimum Gasteiger partial charge on any atom is -0.493 e. The topological polar surface area (TPSA) is 76.1 Å². The van der Waals surface area contributed by atoms with Gasteiger partial charge in [-0.1, -0.05) is 0 Å². The van der Waals surface area contributed by atoms with Gasteiger partial charge in [-0.15, -0.1) is 0 Å². The Balaban J connectivity index is 1.71. The third kappa shape index (κ3) is 3.00. The Hall–Kier alpha value is -2.08. The fourth-order valence-electron chi connectivity index (χ4n) is 2.72. The van der Waals surface area contributed by atoms with Gasteiger partial charge in [0.2, 0.25) is 0 Å². The number of morpholine rings is 1. The molecule has 21 heavy (non-hydrogen) atoms. The van der Waals surface area contributed by atoms with Crippen LogP contribution in [0.5, 0.6) is 5.75 Å². The maximum absolute atomic E-state index is 12.5. The van der Waals surface area contributed by atoms with E-state index in [1.807, 2.05) is 12.1 Å². The van der Waals surface area contributed by atoms with Gasteiger partial charge in [0.25, 0.3) is 5.91 Å². The first-order chi connectivity index (χ1) is 10.1. The second-order valence-electron chi connectivity index (χ2n) is 5.26. The van der Waals surface area contributed by atoms with E-state index in [0.29, 0.717) is 31.9 Å². The molecule has 1 aromatic rings. The highest BCUT2D eigenvalue weighted by atomic mass is 16.5. The Bertz CT molecular complexity index is 571. The number of fused-ring (bicyclic) bond motifs is 1. The number of carboxylic acid groups (broad SMARTS) is 1. The molecule has 0 spiro atoms. The van der Waals surface area contributed by atoms with Gasteiger partial charge >= 0.3 is 5.97 Å². The number of carbonyl (C=O) groups excluding carboxylic acids is 1. The molecule has 1 aromatic carbocycles. The number of aliphatic carboxylic acids is 1. The van der Waals surface area contributed by atoms with Crippen LogP contribution in [-0.2, 0) is 16.0 Å². The van der Waals surface area contributed by atoms with Crippen LogP contribution >= 0.6 is 0 Å². The zero-order valence-electron chi connectivity index (χ0n) is 11.6. The normalized spacial score (nSPS) is 20.8. The van der Waals surface area contributed by atoms with Crippen molar-refractivity contribution in [2.24, 2.45) is 0 Å². The van der Waals surface area contributed by atoms with Gasteiger partial charge in [-0.25, -0.2) is 0 Å². The quantitative estimate of drug-likeness (QED) is 0.897. The predicted octanol–water partition coefficient (Wildman–Crippen LogP) is 0.937. The van der Waals surface area contributed by atoms with Gasteiger partial charge in [0.05, 0.1) is 25.7 Å². The summed E-state index contributed by atoms with van der Waals surface area (Å²) in [4.78, 5) is 24.9. The summed E-state index contributed by atoms with van der Waals surface area (Å²) < 4.78 is 10.8. The molecule has 2 aliphatic rings. The summed E-state index contributed by atoms with van der Waals surface area (Å²) in [7, 11) is 0. The van der Waals surface area contributed by atoms with Crippen LogP contribution in [0.25, 0.3) is 0 Å². The molecule has 1 N–H and O–H groups in total. The minimum atomic E-state index is -0.913. The van der Waals surface area contributed by atoms with Crippen molar-refractivity contribution in [1.29, 1.82) is 0 Å². The van der Waals surface area contributed by atoms with Crippen LogP contribution < -0.4 is 4.74 Å². The molecule has 1 fully saturated rings. The molecule has 6 heteroatoms. The highest BCUT2D eigenvalue weighted by molar-refractivity contribution is 5.94. The lowest BCUT2D eigenvalue weighted by Crippen LogP contribution is -2.46. The standard InChI is InChI=1S/C15H17NO5/c17-14(18)8-12-9-16(4-6-20-12)15(19)11-1-2-13-10(7-11)3-5-21-13/h1-2,7,12H,3-6,8-9H2,(H,17,18). The molecule has 3 rings (SSSR count). The third-order valence-corrected chi connectivity index (χ3v) is 3.76. The molecule has 1 unspecified atom stereocenters. The largest absolute Gasteiger partial charge is 0.493 e. The first-order valence-corrected chi connectivity index (χ1v) is 7.02. The average molecular weight is 291 g/mol. The summed E-state index contributed by atoms with van der Waals surface area (Å²) in [6, 6.07) is 5.45. The van der Waals surface area contributed by atoms with Crippen molar-refractivity contribution in [2.75, 3.05) is 26.3 Å². The van der Waals surface area contributed by atoms with Crippen LogP contribution in [0, 0.1) is 0 Å².